The molecule has 2 heterocycles. The van der Waals surface area contributed by atoms with E-state index in [0.717, 1.165) is 5.56 Å². The maximum absolute atomic E-state index is 12.9. The minimum atomic E-state index is -3.04. The number of hydrogen-bond donors (Lipinski definition) is 1. The first-order valence-corrected chi connectivity index (χ1v) is 8.54. The van der Waals surface area contributed by atoms with E-state index >= 15 is 0 Å². The monoisotopic (exact) mass is 375 g/mol. The number of anilines is 1. The largest absolute Gasteiger partial charge is 0.434 e. The van der Waals surface area contributed by atoms with E-state index in [1.165, 1.54) is 23.1 Å². The quantitative estimate of drug-likeness (QED) is 0.871. The molecule has 1 aliphatic heterocycles. The van der Waals surface area contributed by atoms with Crippen molar-refractivity contribution in [3.05, 3.63) is 53.7 Å². The number of carbonyl (C=O) groups excluding carboxylic acids is 2. The van der Waals surface area contributed by atoms with E-state index in [2.05, 4.69) is 15.0 Å². The van der Waals surface area contributed by atoms with Crippen LogP contribution >= 0.6 is 0 Å². The van der Waals surface area contributed by atoms with Gasteiger partial charge in [-0.2, -0.15) is 8.78 Å². The van der Waals surface area contributed by atoms with Crippen LogP contribution in [0.4, 0.5) is 14.6 Å². The molecule has 3 rings (SSSR count). The third-order valence-electron chi connectivity index (χ3n) is 4.31. The molecule has 1 saturated heterocycles. The van der Waals surface area contributed by atoms with Crippen LogP contribution in [-0.2, 0) is 4.79 Å². The maximum Gasteiger partial charge on any atom is 0.387 e. The van der Waals surface area contributed by atoms with Crippen molar-refractivity contribution in [1.29, 1.82) is 0 Å². The number of alkyl halides is 2. The number of amides is 2. The number of rotatable bonds is 5. The van der Waals surface area contributed by atoms with Gasteiger partial charge in [0.05, 0.1) is 5.56 Å². The molecule has 0 spiro atoms. The lowest BCUT2D eigenvalue weighted by Gasteiger charge is -2.24. The van der Waals surface area contributed by atoms with Crippen molar-refractivity contribution >= 4 is 17.6 Å². The number of pyridine rings is 1. The number of nitrogens with one attached hydrogen (secondary N) is 1. The van der Waals surface area contributed by atoms with E-state index in [0.29, 0.717) is 25.2 Å². The first-order valence-electron chi connectivity index (χ1n) is 8.54. The van der Waals surface area contributed by atoms with Crippen LogP contribution in [0.25, 0.3) is 0 Å². The van der Waals surface area contributed by atoms with Crippen LogP contribution in [0.2, 0.25) is 0 Å². The maximum atomic E-state index is 12.9. The molecule has 1 aromatic carbocycles. The molecule has 0 saturated carbocycles. The predicted molar refractivity (Wildman–Crippen MR) is 94.7 cm³/mol. The van der Waals surface area contributed by atoms with Gasteiger partial charge in [0.25, 0.3) is 5.91 Å². The summed E-state index contributed by atoms with van der Waals surface area (Å²) in [6.07, 6.45) is 2.76. The normalized spacial score (nSPS) is 16.4. The van der Waals surface area contributed by atoms with E-state index in [4.69, 9.17) is 0 Å². The Morgan fingerprint density at radius 2 is 2.04 bits per heavy atom. The van der Waals surface area contributed by atoms with Crippen LogP contribution in [0.3, 0.4) is 0 Å². The van der Waals surface area contributed by atoms with E-state index in [1.54, 1.807) is 18.3 Å². The Morgan fingerprint density at radius 1 is 1.26 bits per heavy atom. The van der Waals surface area contributed by atoms with Gasteiger partial charge < -0.3 is 15.0 Å². The number of halogens is 2. The Labute approximate surface area is 155 Å². The number of ether oxygens (including phenoxy) is 1. The highest BCUT2D eigenvalue weighted by molar-refractivity contribution is 6.02. The van der Waals surface area contributed by atoms with Crippen molar-refractivity contribution in [3.8, 4) is 5.75 Å². The molecule has 0 unspecified atom stereocenters. The average Bonchev–Trinajstić information content (AvgIpc) is 3.13. The molecule has 1 fully saturated rings. The molecule has 1 atom stereocenters. The van der Waals surface area contributed by atoms with Crippen molar-refractivity contribution in [2.24, 2.45) is 0 Å². The molecule has 1 aromatic heterocycles. The molecule has 0 radical (unpaired) electrons. The molecule has 142 valence electrons. The molecule has 2 aromatic rings. The second kappa shape index (κ2) is 8.11. The second-order valence-corrected chi connectivity index (χ2v) is 6.24. The van der Waals surface area contributed by atoms with E-state index in [1.807, 2.05) is 13.0 Å². The highest BCUT2D eigenvalue weighted by Gasteiger charge is 2.35. The summed E-state index contributed by atoms with van der Waals surface area (Å²) < 4.78 is 29.6. The van der Waals surface area contributed by atoms with Gasteiger partial charge in [0.1, 0.15) is 17.6 Å². The van der Waals surface area contributed by atoms with E-state index in [9.17, 15) is 18.4 Å². The van der Waals surface area contributed by atoms with Crippen LogP contribution in [0, 0.1) is 6.92 Å². The van der Waals surface area contributed by atoms with Gasteiger partial charge in [-0.1, -0.05) is 18.2 Å². The first kappa shape index (κ1) is 18.8. The number of likely N-dealkylation sites (tertiary alicyclic amines) is 1. The number of para-hydroxylation sites is 1. The summed E-state index contributed by atoms with van der Waals surface area (Å²) in [5.41, 5.74) is 0.965. The molecular formula is C19H19F2N3O3. The first-order chi connectivity index (χ1) is 13.0. The van der Waals surface area contributed by atoms with Gasteiger partial charge in [-0.05, 0) is 43.5 Å². The van der Waals surface area contributed by atoms with Crippen molar-refractivity contribution in [1.82, 2.24) is 9.88 Å². The van der Waals surface area contributed by atoms with Crippen LogP contribution in [0.5, 0.6) is 5.75 Å². The molecule has 1 aliphatic rings. The Kier molecular flexibility index (Phi) is 5.63. The zero-order valence-electron chi connectivity index (χ0n) is 14.7. The second-order valence-electron chi connectivity index (χ2n) is 6.24. The van der Waals surface area contributed by atoms with Gasteiger partial charge in [0.15, 0.2) is 0 Å². The fourth-order valence-corrected chi connectivity index (χ4v) is 3.03. The number of benzene rings is 1. The number of carbonyl (C=O) groups is 2. The topological polar surface area (TPSA) is 71.5 Å². The fourth-order valence-electron chi connectivity index (χ4n) is 3.03. The van der Waals surface area contributed by atoms with Gasteiger partial charge >= 0.3 is 6.61 Å². The van der Waals surface area contributed by atoms with Gasteiger partial charge in [-0.25, -0.2) is 4.98 Å². The number of aromatic nitrogens is 1. The van der Waals surface area contributed by atoms with Crippen LogP contribution in [-0.4, -0.2) is 40.9 Å². The van der Waals surface area contributed by atoms with Gasteiger partial charge in [0.2, 0.25) is 5.91 Å². The molecule has 8 heteroatoms. The average molecular weight is 375 g/mol. The van der Waals surface area contributed by atoms with E-state index < -0.39 is 18.6 Å². The number of hydrogen-bond acceptors (Lipinski definition) is 4. The van der Waals surface area contributed by atoms with Crippen molar-refractivity contribution < 1.29 is 23.1 Å². The SMILES string of the molecule is Cc1ccc(NC(=O)[C@H]2CCCN2C(=O)c2ccccc2OC(F)F)nc1. The zero-order valence-corrected chi connectivity index (χ0v) is 14.7. The Balaban J connectivity index is 1.76. The van der Waals surface area contributed by atoms with Gasteiger partial charge in [-0.3, -0.25) is 9.59 Å². The van der Waals surface area contributed by atoms with Crippen LogP contribution in [0.1, 0.15) is 28.8 Å². The van der Waals surface area contributed by atoms with Crippen molar-refractivity contribution in [2.75, 3.05) is 11.9 Å². The summed E-state index contributed by atoms with van der Waals surface area (Å²) in [5, 5.41) is 2.70. The fraction of sp³-hybridized carbons (Fsp3) is 0.316. The van der Waals surface area contributed by atoms with E-state index in [-0.39, 0.29) is 17.2 Å². The molecule has 0 bridgehead atoms. The lowest BCUT2D eigenvalue weighted by molar-refractivity contribution is -0.119. The Bertz CT molecular complexity index is 827. The minimum Gasteiger partial charge on any atom is -0.434 e. The summed E-state index contributed by atoms with van der Waals surface area (Å²) in [6.45, 7) is -0.792. The summed E-state index contributed by atoms with van der Waals surface area (Å²) in [4.78, 5) is 31.0. The molecule has 27 heavy (non-hydrogen) atoms. The minimum absolute atomic E-state index is 0.00552. The van der Waals surface area contributed by atoms with Crippen molar-refractivity contribution in [2.45, 2.75) is 32.4 Å². The Morgan fingerprint density at radius 3 is 2.74 bits per heavy atom. The number of aryl methyl sites for hydroxylation is 1. The van der Waals surface area contributed by atoms with Crippen LogP contribution in [0.15, 0.2) is 42.6 Å². The lowest BCUT2D eigenvalue weighted by atomic mass is 10.1. The molecule has 6 nitrogen and oxygen atoms in total. The van der Waals surface area contributed by atoms with Gasteiger partial charge in [-0.15, -0.1) is 0 Å². The van der Waals surface area contributed by atoms with Crippen LogP contribution < -0.4 is 10.1 Å². The lowest BCUT2D eigenvalue weighted by Crippen LogP contribution is -2.43. The zero-order chi connectivity index (χ0) is 19.4. The van der Waals surface area contributed by atoms with Gasteiger partial charge in [0, 0.05) is 12.7 Å². The predicted octanol–water partition coefficient (Wildman–Crippen LogP) is 3.23. The standard InChI is InChI=1S/C19H19F2N3O3/c1-12-8-9-16(22-11-12)23-17(25)14-6-4-10-24(14)18(26)13-5-2-3-7-15(13)27-19(20)21/h2-3,5,7-9,11,14,19H,4,6,10H2,1H3,(H,22,23,25)/t14-/m1/s1. The Hall–Kier alpha value is -3.03. The molecule has 1 N–H and O–H groups in total. The molecule has 0 aliphatic carbocycles. The summed E-state index contributed by atoms with van der Waals surface area (Å²) in [5.74, 6) is -0.680. The summed E-state index contributed by atoms with van der Waals surface area (Å²) in [6, 6.07) is 8.59. The third kappa shape index (κ3) is 4.39. The molecular weight excluding hydrogens is 356 g/mol. The number of nitrogens with zero attached hydrogens (tertiary/aromatic N) is 2. The highest BCUT2D eigenvalue weighted by atomic mass is 19.3. The molecule has 2 amide bonds. The third-order valence-corrected chi connectivity index (χ3v) is 4.31. The smallest absolute Gasteiger partial charge is 0.387 e. The highest BCUT2D eigenvalue weighted by Crippen LogP contribution is 2.26. The van der Waals surface area contributed by atoms with Crippen molar-refractivity contribution in [3.63, 3.8) is 0 Å². The summed E-state index contributed by atoms with van der Waals surface area (Å²) >= 11 is 0. The summed E-state index contributed by atoms with van der Waals surface area (Å²) in [7, 11) is 0.